The Hall–Kier alpha value is -3.48. The zero-order valence-corrected chi connectivity index (χ0v) is 19.1. The molecule has 8 heteroatoms. The fourth-order valence-electron chi connectivity index (χ4n) is 5.34. The van der Waals surface area contributed by atoms with Gasteiger partial charge in [-0.05, 0) is 29.3 Å². The fraction of sp³-hybridized carbons (Fsp3) is 0.154. The lowest BCUT2D eigenvalue weighted by Gasteiger charge is -2.33. The fourth-order valence-corrected chi connectivity index (χ4v) is 5.83. The minimum Gasteiger partial charge on any atom is -0.292 e. The van der Waals surface area contributed by atoms with Gasteiger partial charge in [0.25, 0.3) is 0 Å². The summed E-state index contributed by atoms with van der Waals surface area (Å²) in [6, 6.07) is 19.5. The molecule has 3 aliphatic rings. The van der Waals surface area contributed by atoms with Crippen LogP contribution in [0.4, 0.5) is 5.69 Å². The summed E-state index contributed by atoms with van der Waals surface area (Å²) in [4.78, 5) is 42.5. The molecule has 2 fully saturated rings. The van der Waals surface area contributed by atoms with Crippen LogP contribution in [0, 0.1) is 11.8 Å². The van der Waals surface area contributed by atoms with Gasteiger partial charge in [-0.1, -0.05) is 77.8 Å². The van der Waals surface area contributed by atoms with Gasteiger partial charge in [0.2, 0.25) is 11.8 Å². The number of Topliss-reactive ketones (excluding diaryl/α,β-unsaturated/α-hetero) is 1. The largest absolute Gasteiger partial charge is 0.292 e. The van der Waals surface area contributed by atoms with Crippen molar-refractivity contribution in [2.75, 3.05) is 4.90 Å². The van der Waals surface area contributed by atoms with Crippen molar-refractivity contribution >= 4 is 52.7 Å². The van der Waals surface area contributed by atoms with E-state index >= 15 is 0 Å². The Bertz CT molecular complexity index is 1390. The van der Waals surface area contributed by atoms with Gasteiger partial charge in [-0.3, -0.25) is 19.4 Å². The van der Waals surface area contributed by atoms with Gasteiger partial charge >= 0.3 is 0 Å². The van der Waals surface area contributed by atoms with Crippen molar-refractivity contribution in [3.8, 4) is 0 Å². The van der Waals surface area contributed by atoms with Crippen LogP contribution in [0.1, 0.15) is 27.5 Å². The SMILES string of the molecule is O=C(c1ccccc1)[C@@H]1[C@@H]2C(=O)N(c3ccc(Cl)cc3Cl)C(=O)[C@@H]2[C@H]2c3ccccc3C=NN12. The Labute approximate surface area is 205 Å². The summed E-state index contributed by atoms with van der Waals surface area (Å²) < 4.78 is 0. The van der Waals surface area contributed by atoms with E-state index in [2.05, 4.69) is 5.10 Å². The van der Waals surface area contributed by atoms with Crippen molar-refractivity contribution in [2.45, 2.75) is 12.1 Å². The van der Waals surface area contributed by atoms with Crippen LogP contribution in [-0.4, -0.2) is 34.9 Å². The smallest absolute Gasteiger partial charge is 0.240 e. The molecule has 2 saturated heterocycles. The maximum atomic E-state index is 13.8. The predicted molar refractivity (Wildman–Crippen MR) is 129 cm³/mol. The minimum atomic E-state index is -0.922. The van der Waals surface area contributed by atoms with Gasteiger partial charge < -0.3 is 0 Å². The summed E-state index contributed by atoms with van der Waals surface area (Å²) in [5.74, 6) is -2.80. The average molecular weight is 490 g/mol. The molecule has 0 N–H and O–H groups in total. The number of ketones is 1. The number of carbonyl (C=O) groups is 3. The molecule has 2 amide bonds. The molecule has 0 unspecified atom stereocenters. The topological polar surface area (TPSA) is 70.0 Å². The van der Waals surface area contributed by atoms with Crippen molar-refractivity contribution < 1.29 is 14.4 Å². The van der Waals surface area contributed by atoms with Gasteiger partial charge in [-0.2, -0.15) is 5.10 Å². The number of hydrazone groups is 1. The number of anilines is 1. The van der Waals surface area contributed by atoms with E-state index < -0.39 is 35.7 Å². The van der Waals surface area contributed by atoms with E-state index in [1.165, 1.54) is 6.07 Å². The first kappa shape index (κ1) is 21.1. The molecule has 6 rings (SSSR count). The number of hydrogen-bond acceptors (Lipinski definition) is 5. The molecule has 0 spiro atoms. The van der Waals surface area contributed by atoms with Crippen molar-refractivity contribution in [3.63, 3.8) is 0 Å². The molecular formula is C26H17Cl2N3O3. The van der Waals surface area contributed by atoms with E-state index in [1.807, 2.05) is 30.3 Å². The Balaban J connectivity index is 1.51. The third-order valence-corrected chi connectivity index (χ3v) is 7.31. The zero-order valence-electron chi connectivity index (χ0n) is 17.6. The third-order valence-electron chi connectivity index (χ3n) is 6.77. The second kappa shape index (κ2) is 7.79. The van der Waals surface area contributed by atoms with E-state index in [4.69, 9.17) is 23.2 Å². The highest BCUT2D eigenvalue weighted by Crippen LogP contribution is 2.53. The van der Waals surface area contributed by atoms with Crippen LogP contribution in [0.3, 0.4) is 0 Å². The number of imide groups is 1. The molecule has 3 aliphatic heterocycles. The van der Waals surface area contributed by atoms with E-state index in [-0.39, 0.29) is 16.5 Å². The second-order valence-electron chi connectivity index (χ2n) is 8.53. The average Bonchev–Trinajstić information content (AvgIpc) is 3.32. The molecule has 0 bridgehead atoms. The summed E-state index contributed by atoms with van der Waals surface area (Å²) in [7, 11) is 0. The molecule has 6 nitrogen and oxygen atoms in total. The normalized spacial score (nSPS) is 24.8. The van der Waals surface area contributed by atoms with E-state index in [0.29, 0.717) is 10.6 Å². The Kier molecular flexibility index (Phi) is 4.83. The first-order valence-electron chi connectivity index (χ1n) is 10.8. The van der Waals surface area contributed by atoms with Gasteiger partial charge in [0, 0.05) is 10.6 Å². The number of halogens is 2. The number of carbonyl (C=O) groups excluding carboxylic acids is 3. The van der Waals surface area contributed by atoms with Crippen LogP contribution in [-0.2, 0) is 9.59 Å². The first-order chi connectivity index (χ1) is 16.5. The minimum absolute atomic E-state index is 0.194. The number of rotatable bonds is 3. The van der Waals surface area contributed by atoms with Crippen LogP contribution in [0.25, 0.3) is 0 Å². The zero-order chi connectivity index (χ0) is 23.6. The van der Waals surface area contributed by atoms with Gasteiger partial charge in [0.15, 0.2) is 5.78 Å². The van der Waals surface area contributed by atoms with Crippen molar-refractivity contribution in [2.24, 2.45) is 16.9 Å². The number of hydrogen-bond donors (Lipinski definition) is 0. The summed E-state index contributed by atoms with van der Waals surface area (Å²) in [6.07, 6.45) is 1.68. The molecule has 4 atom stereocenters. The first-order valence-corrected chi connectivity index (χ1v) is 11.6. The van der Waals surface area contributed by atoms with Gasteiger partial charge in [0.1, 0.15) is 6.04 Å². The molecule has 34 heavy (non-hydrogen) atoms. The molecule has 0 aliphatic carbocycles. The van der Waals surface area contributed by atoms with Crippen LogP contribution in [0.15, 0.2) is 77.9 Å². The lowest BCUT2D eigenvalue weighted by Crippen LogP contribution is -2.44. The predicted octanol–water partition coefficient (Wildman–Crippen LogP) is 4.75. The number of nitrogens with zero attached hydrogens (tertiary/aromatic N) is 3. The molecular weight excluding hydrogens is 473 g/mol. The molecule has 0 aromatic heterocycles. The molecule has 3 aromatic carbocycles. The summed E-state index contributed by atoms with van der Waals surface area (Å²) in [5, 5.41) is 6.79. The molecule has 3 aromatic rings. The van der Waals surface area contributed by atoms with Crippen LogP contribution < -0.4 is 4.90 Å². The summed E-state index contributed by atoms with van der Waals surface area (Å²) >= 11 is 12.4. The van der Waals surface area contributed by atoms with Crippen molar-refractivity contribution in [1.29, 1.82) is 0 Å². The molecule has 0 saturated carbocycles. The highest BCUT2D eigenvalue weighted by molar-refractivity contribution is 6.38. The van der Waals surface area contributed by atoms with Crippen molar-refractivity contribution in [1.82, 2.24) is 5.01 Å². The summed E-state index contributed by atoms with van der Waals surface area (Å²) in [5.41, 5.74) is 2.45. The second-order valence-corrected chi connectivity index (χ2v) is 9.38. The van der Waals surface area contributed by atoms with Gasteiger partial charge in [-0.15, -0.1) is 0 Å². The highest BCUT2D eigenvalue weighted by Gasteiger charge is 2.65. The van der Waals surface area contributed by atoms with Crippen LogP contribution in [0.5, 0.6) is 0 Å². The molecule has 3 heterocycles. The maximum absolute atomic E-state index is 13.8. The number of benzene rings is 3. The quantitative estimate of drug-likeness (QED) is 0.393. The van der Waals surface area contributed by atoms with E-state index in [9.17, 15) is 14.4 Å². The number of amides is 2. The van der Waals surface area contributed by atoms with Gasteiger partial charge in [0.05, 0.1) is 34.8 Å². The molecule has 168 valence electrons. The lowest BCUT2D eigenvalue weighted by molar-refractivity contribution is -0.124. The Morgan fingerprint density at radius 3 is 2.32 bits per heavy atom. The molecule has 0 radical (unpaired) electrons. The van der Waals surface area contributed by atoms with Crippen LogP contribution >= 0.6 is 23.2 Å². The Morgan fingerprint density at radius 2 is 1.56 bits per heavy atom. The third kappa shape index (κ3) is 2.95. The van der Waals surface area contributed by atoms with Gasteiger partial charge in [-0.25, -0.2) is 4.90 Å². The maximum Gasteiger partial charge on any atom is 0.240 e. The highest BCUT2D eigenvalue weighted by atomic mass is 35.5. The standard InChI is InChI=1S/C26H17Cl2N3O3/c27-16-10-11-19(18(28)12-16)30-25(33)20-21(26(30)34)23(24(32)14-6-2-1-3-7-14)31-22(20)17-9-5-4-8-15(17)13-29-31/h1-13,20-23H/t20-,21+,22+,23-/m0/s1. The van der Waals surface area contributed by atoms with E-state index in [1.54, 1.807) is 47.6 Å². The van der Waals surface area contributed by atoms with E-state index in [0.717, 1.165) is 16.0 Å². The van der Waals surface area contributed by atoms with Crippen molar-refractivity contribution in [3.05, 3.63) is 99.5 Å². The lowest BCUT2D eigenvalue weighted by atomic mass is 9.83. The summed E-state index contributed by atoms with van der Waals surface area (Å²) in [6.45, 7) is 0. The monoisotopic (exact) mass is 489 g/mol. The van der Waals surface area contributed by atoms with Crippen LogP contribution in [0.2, 0.25) is 10.0 Å². The number of fused-ring (bicyclic) bond motifs is 5. The Morgan fingerprint density at radius 1 is 0.853 bits per heavy atom.